The van der Waals surface area contributed by atoms with Gasteiger partial charge >= 0.3 is 5.97 Å². The van der Waals surface area contributed by atoms with E-state index in [1.807, 2.05) is 12.1 Å². The third-order valence-corrected chi connectivity index (χ3v) is 5.70. The van der Waals surface area contributed by atoms with Gasteiger partial charge in [0.1, 0.15) is 11.8 Å². The number of ketones is 2. The zero-order chi connectivity index (χ0) is 26.5. The van der Waals surface area contributed by atoms with Crippen LogP contribution in [0.1, 0.15) is 30.4 Å². The number of hydrogen-bond acceptors (Lipinski definition) is 5. The molecule has 0 fully saturated rings. The first-order valence-electron chi connectivity index (χ1n) is 11.7. The van der Waals surface area contributed by atoms with Gasteiger partial charge in [0.15, 0.2) is 17.7 Å². The highest BCUT2D eigenvalue weighted by atomic mass is 16.4. The Labute approximate surface area is 210 Å². The van der Waals surface area contributed by atoms with Gasteiger partial charge in [0, 0.05) is 13.0 Å². The fourth-order valence-electron chi connectivity index (χ4n) is 3.93. The molecule has 0 aliphatic heterocycles. The molecule has 10 heteroatoms. The number of carbonyl (C=O) groups is 3. The number of carbonyl (C=O) groups excluding carboxylic acids is 2. The molecule has 0 aliphatic rings. The van der Waals surface area contributed by atoms with Crippen LogP contribution in [-0.4, -0.2) is 47.1 Å². The van der Waals surface area contributed by atoms with Crippen molar-refractivity contribution in [2.45, 2.75) is 38.1 Å². The molecular formula is C26H34N6O4. The second kappa shape index (κ2) is 14.2. The lowest BCUT2D eigenvalue weighted by Crippen LogP contribution is -2.38. The summed E-state index contributed by atoms with van der Waals surface area (Å²) in [4.78, 5) is 47.0. The van der Waals surface area contributed by atoms with Gasteiger partial charge in [-0.05, 0) is 36.8 Å². The first-order chi connectivity index (χ1) is 17.2. The minimum Gasteiger partial charge on any atom is -0.481 e. The van der Waals surface area contributed by atoms with Gasteiger partial charge in [-0.1, -0.05) is 60.7 Å². The Morgan fingerprint density at radius 1 is 0.806 bits per heavy atom. The predicted molar refractivity (Wildman–Crippen MR) is 139 cm³/mol. The van der Waals surface area contributed by atoms with Gasteiger partial charge in [0.05, 0.1) is 11.8 Å². The molecule has 10 nitrogen and oxygen atoms in total. The maximum absolute atomic E-state index is 13.6. The molecule has 9 N–H and O–H groups in total. The Morgan fingerprint density at radius 3 is 1.86 bits per heavy atom. The zero-order valence-corrected chi connectivity index (χ0v) is 20.1. The zero-order valence-electron chi connectivity index (χ0n) is 20.1. The molecule has 0 heterocycles. The highest BCUT2D eigenvalue weighted by molar-refractivity contribution is 6.06. The van der Waals surface area contributed by atoms with Crippen LogP contribution >= 0.6 is 0 Å². The second-order valence-corrected chi connectivity index (χ2v) is 8.56. The molecule has 36 heavy (non-hydrogen) atoms. The fraction of sp³-hybridized carbons (Fsp3) is 0.346. The van der Waals surface area contributed by atoms with Crippen molar-refractivity contribution in [3.05, 3.63) is 71.8 Å². The lowest BCUT2D eigenvalue weighted by molar-refractivity contribution is -0.145. The third kappa shape index (κ3) is 9.57. The Bertz CT molecular complexity index is 1060. The predicted octanol–water partition coefficient (Wildman–Crippen LogP) is 1.01. The molecule has 2 unspecified atom stereocenters. The Hall–Kier alpha value is -4.21. The summed E-state index contributed by atoms with van der Waals surface area (Å²) in [6.45, 7) is 0.265. The highest BCUT2D eigenvalue weighted by Crippen LogP contribution is 2.22. The number of nitrogens with zero attached hydrogens (tertiary/aromatic N) is 2. The molecular weight excluding hydrogens is 460 g/mol. The van der Waals surface area contributed by atoms with Crippen molar-refractivity contribution in [3.8, 4) is 0 Å². The summed E-state index contributed by atoms with van der Waals surface area (Å²) in [7, 11) is 0. The van der Waals surface area contributed by atoms with Crippen molar-refractivity contribution in [3.63, 3.8) is 0 Å². The van der Waals surface area contributed by atoms with Crippen LogP contribution in [0.4, 0.5) is 0 Å². The van der Waals surface area contributed by atoms with E-state index in [1.54, 1.807) is 48.5 Å². The van der Waals surface area contributed by atoms with Gasteiger partial charge in [-0.2, -0.15) is 0 Å². The van der Waals surface area contributed by atoms with Crippen LogP contribution in [0.15, 0.2) is 70.6 Å². The largest absolute Gasteiger partial charge is 0.481 e. The van der Waals surface area contributed by atoms with Gasteiger partial charge in [0.25, 0.3) is 0 Å². The molecule has 2 aromatic rings. The van der Waals surface area contributed by atoms with Gasteiger partial charge in [-0.3, -0.25) is 19.4 Å². The van der Waals surface area contributed by atoms with Crippen molar-refractivity contribution in [2.75, 3.05) is 6.54 Å². The Morgan fingerprint density at radius 2 is 1.36 bits per heavy atom. The van der Waals surface area contributed by atoms with Crippen molar-refractivity contribution in [2.24, 2.45) is 44.8 Å². The maximum atomic E-state index is 13.6. The summed E-state index contributed by atoms with van der Waals surface area (Å²) in [5.74, 6) is -4.48. The molecule has 3 atom stereocenters. The normalized spacial score (nSPS) is 13.1. The molecule has 0 aromatic heterocycles. The summed E-state index contributed by atoms with van der Waals surface area (Å²) in [5, 5.41) is 9.78. The summed E-state index contributed by atoms with van der Waals surface area (Å²) in [5.41, 5.74) is 23.4. The van der Waals surface area contributed by atoms with Gasteiger partial charge in [0.2, 0.25) is 0 Å². The van der Waals surface area contributed by atoms with Crippen molar-refractivity contribution < 1.29 is 19.5 Å². The number of benzene rings is 2. The fourth-order valence-corrected chi connectivity index (χ4v) is 3.93. The van der Waals surface area contributed by atoms with Crippen molar-refractivity contribution >= 4 is 29.5 Å². The first kappa shape index (κ1) is 28.0. The molecule has 0 saturated carbocycles. The molecule has 0 bridgehead atoms. The number of aliphatic carboxylic acids is 1. The summed E-state index contributed by atoms with van der Waals surface area (Å²) in [6.07, 6.45) is 0.613. The number of hydrogen-bond donors (Lipinski definition) is 5. The van der Waals surface area contributed by atoms with Gasteiger partial charge in [-0.25, -0.2) is 4.99 Å². The average Bonchev–Trinajstić information content (AvgIpc) is 2.84. The summed E-state index contributed by atoms with van der Waals surface area (Å²) in [6, 6.07) is 17.1. The molecule has 0 amide bonds. The van der Waals surface area contributed by atoms with E-state index in [0.29, 0.717) is 6.42 Å². The lowest BCUT2D eigenvalue weighted by Gasteiger charge is -2.21. The molecule has 192 valence electrons. The number of carboxylic acids is 1. The van der Waals surface area contributed by atoms with Crippen LogP contribution in [0.25, 0.3) is 0 Å². The first-order valence-corrected chi connectivity index (χ1v) is 11.7. The smallest absolute Gasteiger partial charge is 0.307 e. The number of aliphatic imine (C=N–C) groups is 2. The Kier molecular flexibility index (Phi) is 11.1. The molecule has 0 radical (unpaired) electrons. The monoisotopic (exact) mass is 494 g/mol. The van der Waals surface area contributed by atoms with Crippen LogP contribution in [0.2, 0.25) is 0 Å². The van der Waals surface area contributed by atoms with E-state index in [2.05, 4.69) is 9.98 Å². The number of carboxylic acid groups (broad SMARTS) is 1. The van der Waals surface area contributed by atoms with Crippen molar-refractivity contribution in [1.82, 2.24) is 0 Å². The number of nitrogens with two attached hydrogens (primary N) is 4. The molecule has 0 spiro atoms. The van der Waals surface area contributed by atoms with Crippen LogP contribution < -0.4 is 22.9 Å². The van der Waals surface area contributed by atoms with E-state index in [1.165, 1.54) is 0 Å². The SMILES string of the molecule is NC(N)=NCCCC(N=C(N)N)C(=O)C(Cc1ccccc1)C(=O)C[C@@H](Cc1ccccc1)C(=O)O. The maximum Gasteiger partial charge on any atom is 0.307 e. The summed E-state index contributed by atoms with van der Waals surface area (Å²) < 4.78 is 0. The molecule has 0 saturated heterocycles. The Balaban J connectivity index is 2.29. The second-order valence-electron chi connectivity index (χ2n) is 8.56. The van der Waals surface area contributed by atoms with Crippen LogP contribution in [0.3, 0.4) is 0 Å². The molecule has 0 aliphatic carbocycles. The van der Waals surface area contributed by atoms with Gasteiger partial charge < -0.3 is 28.0 Å². The topological polar surface area (TPSA) is 200 Å². The van der Waals surface area contributed by atoms with Crippen LogP contribution in [0.5, 0.6) is 0 Å². The number of Topliss-reactive ketones (excluding diaryl/α,β-unsaturated/α-hetero) is 2. The van der Waals surface area contributed by atoms with E-state index < -0.39 is 35.4 Å². The standard InChI is InChI=1S/C26H34N6O4/c27-25(28)31-13-7-12-21(32-26(29)30)23(34)20(15-18-10-5-2-6-11-18)22(33)16-19(24(35)36)14-17-8-3-1-4-9-17/h1-6,8-11,19-21H,7,12-16H2,(H,35,36)(H4,27,28,31)(H4,29,30,32)/t19-,20?,21?/m1/s1. The molecule has 2 aromatic carbocycles. The third-order valence-electron chi connectivity index (χ3n) is 5.70. The van der Waals surface area contributed by atoms with E-state index in [-0.39, 0.29) is 44.1 Å². The number of rotatable bonds is 15. The average molecular weight is 495 g/mol. The van der Waals surface area contributed by atoms with Gasteiger partial charge in [-0.15, -0.1) is 0 Å². The van der Waals surface area contributed by atoms with Crippen LogP contribution in [0, 0.1) is 11.8 Å². The highest BCUT2D eigenvalue weighted by Gasteiger charge is 2.34. The van der Waals surface area contributed by atoms with E-state index in [4.69, 9.17) is 22.9 Å². The minimum absolute atomic E-state index is 0.0741. The minimum atomic E-state index is -1.11. The summed E-state index contributed by atoms with van der Waals surface area (Å²) >= 11 is 0. The number of guanidine groups is 2. The van der Waals surface area contributed by atoms with Crippen LogP contribution in [-0.2, 0) is 27.2 Å². The molecule has 2 rings (SSSR count). The quantitative estimate of drug-likeness (QED) is 0.104. The van der Waals surface area contributed by atoms with E-state index in [9.17, 15) is 19.5 Å². The lowest BCUT2D eigenvalue weighted by atomic mass is 9.82. The van der Waals surface area contributed by atoms with Crippen molar-refractivity contribution in [1.29, 1.82) is 0 Å². The van der Waals surface area contributed by atoms with E-state index in [0.717, 1.165) is 11.1 Å². The van der Waals surface area contributed by atoms with E-state index >= 15 is 0 Å².